The molecule has 1 atom stereocenters. The minimum Gasteiger partial charge on any atom is -0.496 e. The molecular formula is C17H19ClO2. The molecule has 0 bridgehead atoms. The zero-order chi connectivity index (χ0) is 14.7. The summed E-state index contributed by atoms with van der Waals surface area (Å²) in [6.45, 7) is 3.99. The Balaban J connectivity index is 2.25. The van der Waals surface area contributed by atoms with Crippen molar-refractivity contribution in [3.63, 3.8) is 0 Å². The van der Waals surface area contributed by atoms with Crippen LogP contribution in [0.4, 0.5) is 0 Å². The van der Waals surface area contributed by atoms with Crippen molar-refractivity contribution in [3.8, 4) is 5.75 Å². The molecule has 1 N–H and O–H groups in total. The summed E-state index contributed by atoms with van der Waals surface area (Å²) >= 11 is 6.22. The molecule has 2 aromatic carbocycles. The third kappa shape index (κ3) is 3.33. The average Bonchev–Trinajstić information content (AvgIpc) is 2.41. The van der Waals surface area contributed by atoms with Crippen molar-refractivity contribution < 1.29 is 9.84 Å². The summed E-state index contributed by atoms with van der Waals surface area (Å²) < 4.78 is 5.34. The van der Waals surface area contributed by atoms with Gasteiger partial charge in [0.2, 0.25) is 0 Å². The molecule has 2 nitrogen and oxygen atoms in total. The van der Waals surface area contributed by atoms with Crippen LogP contribution in [0.5, 0.6) is 5.75 Å². The van der Waals surface area contributed by atoms with E-state index in [2.05, 4.69) is 0 Å². The number of hydrogen-bond acceptors (Lipinski definition) is 2. The SMILES string of the molecule is COc1cc(C)ccc1C(O)Cc1ccc(C)cc1Cl. The Labute approximate surface area is 125 Å². The first-order valence-corrected chi connectivity index (χ1v) is 6.96. The average molecular weight is 291 g/mol. The first-order chi connectivity index (χ1) is 9.51. The van der Waals surface area contributed by atoms with E-state index in [9.17, 15) is 5.11 Å². The van der Waals surface area contributed by atoms with E-state index in [4.69, 9.17) is 16.3 Å². The molecule has 0 aliphatic heterocycles. The molecule has 106 valence electrons. The van der Waals surface area contributed by atoms with Crippen molar-refractivity contribution in [3.05, 3.63) is 63.7 Å². The molecule has 0 heterocycles. The van der Waals surface area contributed by atoms with Crippen LogP contribution in [0.1, 0.15) is 28.4 Å². The molecule has 0 saturated carbocycles. The highest BCUT2D eigenvalue weighted by Crippen LogP contribution is 2.30. The van der Waals surface area contributed by atoms with E-state index < -0.39 is 6.10 Å². The summed E-state index contributed by atoms with van der Waals surface area (Å²) in [5.74, 6) is 0.709. The smallest absolute Gasteiger partial charge is 0.124 e. The molecule has 0 fully saturated rings. The van der Waals surface area contributed by atoms with Crippen LogP contribution in [0.15, 0.2) is 36.4 Å². The molecular weight excluding hydrogens is 272 g/mol. The standard InChI is InChI=1S/C17H19ClO2/c1-11-4-6-13(15(18)8-11)10-16(19)14-7-5-12(2)9-17(14)20-3/h4-9,16,19H,10H2,1-3H3. The highest BCUT2D eigenvalue weighted by atomic mass is 35.5. The molecule has 1 unspecified atom stereocenters. The Bertz CT molecular complexity index is 608. The van der Waals surface area contributed by atoms with Crippen LogP contribution < -0.4 is 4.74 Å². The van der Waals surface area contributed by atoms with E-state index in [1.54, 1.807) is 7.11 Å². The zero-order valence-corrected chi connectivity index (χ0v) is 12.7. The van der Waals surface area contributed by atoms with Gasteiger partial charge in [-0.15, -0.1) is 0 Å². The summed E-state index contributed by atoms with van der Waals surface area (Å²) in [5, 5.41) is 11.1. The van der Waals surface area contributed by atoms with Gasteiger partial charge in [0.15, 0.2) is 0 Å². The number of ether oxygens (including phenoxy) is 1. The minimum absolute atomic E-state index is 0.471. The van der Waals surface area contributed by atoms with E-state index in [0.29, 0.717) is 17.2 Å². The van der Waals surface area contributed by atoms with Gasteiger partial charge in [-0.3, -0.25) is 0 Å². The summed E-state index contributed by atoms with van der Waals surface area (Å²) in [4.78, 5) is 0. The lowest BCUT2D eigenvalue weighted by molar-refractivity contribution is 0.174. The molecule has 0 aliphatic rings. The van der Waals surface area contributed by atoms with Crippen molar-refractivity contribution in [2.75, 3.05) is 7.11 Å². The summed E-state index contributed by atoms with van der Waals surface area (Å²) in [6.07, 6.45) is -0.163. The Kier molecular flexibility index (Phi) is 4.69. The van der Waals surface area contributed by atoms with Crippen molar-refractivity contribution >= 4 is 11.6 Å². The number of aryl methyl sites for hydroxylation is 2. The maximum atomic E-state index is 10.4. The monoisotopic (exact) mass is 290 g/mol. The van der Waals surface area contributed by atoms with Crippen LogP contribution in [0.3, 0.4) is 0 Å². The molecule has 0 saturated heterocycles. The zero-order valence-electron chi connectivity index (χ0n) is 12.0. The first-order valence-electron chi connectivity index (χ1n) is 6.59. The molecule has 0 spiro atoms. The Morgan fingerprint density at radius 2 is 1.75 bits per heavy atom. The summed E-state index contributed by atoms with van der Waals surface area (Å²) in [6, 6.07) is 11.7. The van der Waals surface area contributed by atoms with Crippen molar-refractivity contribution in [2.24, 2.45) is 0 Å². The normalized spacial score (nSPS) is 12.2. The highest BCUT2D eigenvalue weighted by Gasteiger charge is 2.15. The van der Waals surface area contributed by atoms with E-state index in [1.165, 1.54) is 0 Å². The van der Waals surface area contributed by atoms with Crippen molar-refractivity contribution in [1.82, 2.24) is 0 Å². The molecule has 0 radical (unpaired) electrons. The number of rotatable bonds is 4. The quantitative estimate of drug-likeness (QED) is 0.912. The molecule has 20 heavy (non-hydrogen) atoms. The molecule has 0 amide bonds. The van der Waals surface area contributed by atoms with Crippen LogP contribution in [-0.2, 0) is 6.42 Å². The second-order valence-corrected chi connectivity index (χ2v) is 5.47. The van der Waals surface area contributed by atoms with Gasteiger partial charge in [-0.25, -0.2) is 0 Å². The minimum atomic E-state index is -0.634. The van der Waals surface area contributed by atoms with Crippen LogP contribution in [0, 0.1) is 13.8 Å². The van der Waals surface area contributed by atoms with E-state index in [1.807, 2.05) is 50.2 Å². The van der Waals surface area contributed by atoms with Gasteiger partial charge in [0.25, 0.3) is 0 Å². The lowest BCUT2D eigenvalue weighted by Gasteiger charge is -2.16. The van der Waals surface area contributed by atoms with Gasteiger partial charge in [0.05, 0.1) is 13.2 Å². The topological polar surface area (TPSA) is 29.5 Å². The number of methoxy groups -OCH3 is 1. The predicted octanol–water partition coefficient (Wildman–Crippen LogP) is 4.24. The van der Waals surface area contributed by atoms with Crippen LogP contribution in [0.2, 0.25) is 5.02 Å². The Morgan fingerprint density at radius 3 is 2.40 bits per heavy atom. The largest absolute Gasteiger partial charge is 0.496 e. The number of benzene rings is 2. The van der Waals surface area contributed by atoms with Gasteiger partial charge in [-0.05, 0) is 42.7 Å². The second kappa shape index (κ2) is 6.29. The fraction of sp³-hybridized carbons (Fsp3) is 0.294. The number of hydrogen-bond donors (Lipinski definition) is 1. The molecule has 3 heteroatoms. The maximum Gasteiger partial charge on any atom is 0.124 e. The van der Waals surface area contributed by atoms with Crippen molar-refractivity contribution in [1.29, 1.82) is 0 Å². The van der Waals surface area contributed by atoms with Gasteiger partial charge < -0.3 is 9.84 Å². The lowest BCUT2D eigenvalue weighted by Crippen LogP contribution is -2.05. The Morgan fingerprint density at radius 1 is 1.10 bits per heavy atom. The van der Waals surface area contributed by atoms with Gasteiger partial charge in [-0.2, -0.15) is 0 Å². The third-order valence-electron chi connectivity index (χ3n) is 3.37. The van der Waals surface area contributed by atoms with Gasteiger partial charge in [-0.1, -0.05) is 35.9 Å². The second-order valence-electron chi connectivity index (χ2n) is 5.06. The van der Waals surface area contributed by atoms with Crippen molar-refractivity contribution in [2.45, 2.75) is 26.4 Å². The van der Waals surface area contributed by atoms with Gasteiger partial charge >= 0.3 is 0 Å². The Hall–Kier alpha value is -1.51. The third-order valence-corrected chi connectivity index (χ3v) is 3.72. The predicted molar refractivity (Wildman–Crippen MR) is 82.6 cm³/mol. The number of halogens is 1. The summed E-state index contributed by atoms with van der Waals surface area (Å²) in [5.41, 5.74) is 3.94. The summed E-state index contributed by atoms with van der Waals surface area (Å²) in [7, 11) is 1.61. The molecule has 0 aromatic heterocycles. The van der Waals surface area contributed by atoms with Gasteiger partial charge in [0, 0.05) is 17.0 Å². The van der Waals surface area contributed by atoms with E-state index in [0.717, 1.165) is 22.3 Å². The fourth-order valence-electron chi connectivity index (χ4n) is 2.23. The van der Waals surface area contributed by atoms with Crippen LogP contribution in [0.25, 0.3) is 0 Å². The fourth-order valence-corrected chi connectivity index (χ4v) is 2.54. The highest BCUT2D eigenvalue weighted by molar-refractivity contribution is 6.31. The molecule has 2 aromatic rings. The molecule has 2 rings (SSSR count). The van der Waals surface area contributed by atoms with E-state index in [-0.39, 0.29) is 0 Å². The van der Waals surface area contributed by atoms with Gasteiger partial charge in [0.1, 0.15) is 5.75 Å². The van der Waals surface area contributed by atoms with E-state index >= 15 is 0 Å². The van der Waals surface area contributed by atoms with Crippen LogP contribution in [-0.4, -0.2) is 12.2 Å². The lowest BCUT2D eigenvalue weighted by atomic mass is 9.99. The first kappa shape index (κ1) is 14.9. The molecule has 0 aliphatic carbocycles. The number of aliphatic hydroxyl groups is 1. The van der Waals surface area contributed by atoms with Crippen LogP contribution >= 0.6 is 11.6 Å². The maximum absolute atomic E-state index is 10.4. The number of aliphatic hydroxyl groups excluding tert-OH is 1.